The molecule has 5 rings (SSSR count). The third-order valence-corrected chi connectivity index (χ3v) is 7.40. The summed E-state index contributed by atoms with van der Waals surface area (Å²) in [5.74, 6) is 0.726. The number of carbonyl (C=O) groups is 2. The van der Waals surface area contributed by atoms with Crippen LogP contribution in [-0.4, -0.2) is 44.3 Å². The van der Waals surface area contributed by atoms with Gasteiger partial charge in [-0.2, -0.15) is 0 Å². The molecule has 0 radical (unpaired) electrons. The highest BCUT2D eigenvalue weighted by Gasteiger charge is 2.25. The fourth-order valence-corrected chi connectivity index (χ4v) is 5.41. The van der Waals surface area contributed by atoms with E-state index in [0.717, 1.165) is 40.7 Å². The molecular formula is C26H26N6O2S. The minimum absolute atomic E-state index is 0.0422. The third kappa shape index (κ3) is 4.67. The van der Waals surface area contributed by atoms with Gasteiger partial charge in [-0.25, -0.2) is 9.97 Å². The van der Waals surface area contributed by atoms with E-state index in [2.05, 4.69) is 21.4 Å². The van der Waals surface area contributed by atoms with Crippen LogP contribution in [0, 0.1) is 0 Å². The Labute approximate surface area is 207 Å². The van der Waals surface area contributed by atoms with Gasteiger partial charge >= 0.3 is 0 Å². The van der Waals surface area contributed by atoms with Crippen molar-refractivity contribution in [1.82, 2.24) is 19.4 Å². The number of anilines is 2. The molecule has 1 aliphatic rings. The SMILES string of the molecule is C=CC(=O)N1CCC[C@@H](n2c(NC(=O)c3ccc(-c4ccc(N)nc4)s3)nc3ccccc32)CC1. The smallest absolute Gasteiger partial charge is 0.268 e. The maximum Gasteiger partial charge on any atom is 0.268 e. The minimum atomic E-state index is -0.210. The summed E-state index contributed by atoms with van der Waals surface area (Å²) < 4.78 is 2.12. The van der Waals surface area contributed by atoms with Crippen LogP contribution in [0.1, 0.15) is 35.0 Å². The number of likely N-dealkylation sites (tertiary alicyclic amines) is 1. The number of rotatable bonds is 5. The molecule has 3 aromatic heterocycles. The van der Waals surface area contributed by atoms with Crippen LogP contribution in [-0.2, 0) is 4.79 Å². The Morgan fingerprint density at radius 1 is 1.11 bits per heavy atom. The molecule has 0 saturated carbocycles. The van der Waals surface area contributed by atoms with Crippen molar-refractivity contribution in [2.24, 2.45) is 0 Å². The van der Waals surface area contributed by atoms with E-state index in [-0.39, 0.29) is 17.9 Å². The van der Waals surface area contributed by atoms with Crippen molar-refractivity contribution in [3.05, 3.63) is 72.3 Å². The molecule has 8 nitrogen and oxygen atoms in total. The number of nitrogens with one attached hydrogen (secondary N) is 1. The van der Waals surface area contributed by atoms with Gasteiger partial charge in [0, 0.05) is 35.8 Å². The maximum absolute atomic E-state index is 13.2. The Kier molecular flexibility index (Phi) is 6.33. The van der Waals surface area contributed by atoms with Crippen molar-refractivity contribution in [3.63, 3.8) is 0 Å². The molecule has 4 heterocycles. The maximum atomic E-state index is 13.2. The van der Waals surface area contributed by atoms with Gasteiger partial charge in [0.1, 0.15) is 5.82 Å². The van der Waals surface area contributed by atoms with E-state index < -0.39 is 0 Å². The Morgan fingerprint density at radius 3 is 2.77 bits per heavy atom. The van der Waals surface area contributed by atoms with E-state index in [4.69, 9.17) is 10.7 Å². The van der Waals surface area contributed by atoms with Crippen molar-refractivity contribution >= 4 is 46.0 Å². The summed E-state index contributed by atoms with van der Waals surface area (Å²) in [5, 5.41) is 3.04. The first kappa shape index (κ1) is 22.8. The van der Waals surface area contributed by atoms with Crippen molar-refractivity contribution < 1.29 is 9.59 Å². The highest BCUT2D eigenvalue weighted by atomic mass is 32.1. The molecule has 178 valence electrons. The van der Waals surface area contributed by atoms with Gasteiger partial charge < -0.3 is 15.2 Å². The zero-order chi connectivity index (χ0) is 24.4. The van der Waals surface area contributed by atoms with Crippen molar-refractivity contribution in [2.75, 3.05) is 24.1 Å². The number of thiophene rings is 1. The Balaban J connectivity index is 1.41. The van der Waals surface area contributed by atoms with Crippen LogP contribution in [0.2, 0.25) is 0 Å². The Hall–Kier alpha value is -3.98. The molecule has 0 aliphatic carbocycles. The van der Waals surface area contributed by atoms with Gasteiger partial charge in [0.15, 0.2) is 0 Å². The third-order valence-electron chi connectivity index (χ3n) is 6.27. The predicted octanol–water partition coefficient (Wildman–Crippen LogP) is 4.73. The molecule has 3 N–H and O–H groups in total. The van der Waals surface area contributed by atoms with E-state index in [9.17, 15) is 9.59 Å². The molecule has 4 aromatic rings. The molecule has 1 saturated heterocycles. The Bertz CT molecular complexity index is 1390. The number of fused-ring (bicyclic) bond motifs is 1. The van der Waals surface area contributed by atoms with Crippen molar-refractivity contribution in [1.29, 1.82) is 0 Å². The molecule has 0 spiro atoms. The molecule has 1 aliphatic heterocycles. The number of amides is 2. The number of nitrogen functional groups attached to an aromatic ring is 1. The van der Waals surface area contributed by atoms with Crippen molar-refractivity contribution in [2.45, 2.75) is 25.3 Å². The number of aromatic nitrogens is 3. The Morgan fingerprint density at radius 2 is 1.97 bits per heavy atom. The summed E-state index contributed by atoms with van der Waals surface area (Å²) >= 11 is 1.39. The first-order valence-electron chi connectivity index (χ1n) is 11.5. The van der Waals surface area contributed by atoms with Crippen molar-refractivity contribution in [3.8, 4) is 10.4 Å². The summed E-state index contributed by atoms with van der Waals surface area (Å²) in [6.07, 6.45) is 5.60. The molecule has 0 bridgehead atoms. The predicted molar refractivity (Wildman–Crippen MR) is 139 cm³/mol. The van der Waals surface area contributed by atoms with Crippen LogP contribution in [0.15, 0.2) is 67.4 Å². The van der Waals surface area contributed by atoms with Crippen LogP contribution < -0.4 is 11.1 Å². The minimum Gasteiger partial charge on any atom is -0.384 e. The van der Waals surface area contributed by atoms with Crippen LogP contribution in [0.25, 0.3) is 21.5 Å². The topological polar surface area (TPSA) is 106 Å². The molecule has 1 fully saturated rings. The molecule has 9 heteroatoms. The first-order chi connectivity index (χ1) is 17.0. The molecule has 1 aromatic carbocycles. The number of hydrogen-bond acceptors (Lipinski definition) is 6. The van der Waals surface area contributed by atoms with Gasteiger partial charge in [-0.3, -0.25) is 14.9 Å². The first-order valence-corrected chi connectivity index (χ1v) is 12.4. The summed E-state index contributed by atoms with van der Waals surface area (Å²) in [6, 6.07) is 15.3. The van der Waals surface area contributed by atoms with Gasteiger partial charge in [0.2, 0.25) is 11.9 Å². The molecule has 2 amide bonds. The monoisotopic (exact) mass is 486 g/mol. The largest absolute Gasteiger partial charge is 0.384 e. The number of nitrogens with zero attached hydrogens (tertiary/aromatic N) is 4. The van der Waals surface area contributed by atoms with Gasteiger partial charge in [0.05, 0.1) is 15.9 Å². The fourth-order valence-electron chi connectivity index (χ4n) is 4.52. The molecular weight excluding hydrogens is 460 g/mol. The molecule has 0 unspecified atom stereocenters. The molecule has 1 atom stereocenters. The normalized spacial score (nSPS) is 16.1. The summed E-state index contributed by atoms with van der Waals surface area (Å²) in [5.41, 5.74) is 8.39. The van der Waals surface area contributed by atoms with Gasteiger partial charge in [-0.1, -0.05) is 18.7 Å². The van der Waals surface area contributed by atoms with Crippen LogP contribution in [0.5, 0.6) is 0 Å². The van der Waals surface area contributed by atoms with E-state index in [1.165, 1.54) is 17.4 Å². The second-order valence-corrected chi connectivity index (χ2v) is 9.58. The van der Waals surface area contributed by atoms with Gasteiger partial charge in [-0.15, -0.1) is 11.3 Å². The van der Waals surface area contributed by atoms with E-state index in [1.807, 2.05) is 47.4 Å². The quantitative estimate of drug-likeness (QED) is 0.397. The second kappa shape index (κ2) is 9.71. The number of pyridine rings is 1. The summed E-state index contributed by atoms with van der Waals surface area (Å²) in [6.45, 7) is 4.95. The average Bonchev–Trinajstić information content (AvgIpc) is 3.42. The highest BCUT2D eigenvalue weighted by molar-refractivity contribution is 7.17. The highest BCUT2D eigenvalue weighted by Crippen LogP contribution is 2.33. The second-order valence-electron chi connectivity index (χ2n) is 8.50. The number of hydrogen-bond donors (Lipinski definition) is 2. The lowest BCUT2D eigenvalue weighted by molar-refractivity contribution is -0.125. The summed E-state index contributed by atoms with van der Waals surface area (Å²) in [4.78, 5) is 37.6. The standard InChI is InChI=1S/C26H26N6O2S/c1-2-24(33)31-14-5-6-18(13-15-31)32-20-8-4-3-7-19(20)29-26(32)30-25(34)22-11-10-21(35-22)17-9-12-23(27)28-16-17/h2-4,7-12,16,18H,1,5-6,13-15H2,(H2,27,28)(H,29,30,34)/t18-/m1/s1. The average molecular weight is 487 g/mol. The number of para-hydroxylation sites is 2. The lowest BCUT2D eigenvalue weighted by atomic mass is 10.1. The fraction of sp³-hybridized carbons (Fsp3) is 0.231. The lowest BCUT2D eigenvalue weighted by Crippen LogP contribution is -2.30. The number of carbonyl (C=O) groups excluding carboxylic acids is 2. The molecule has 35 heavy (non-hydrogen) atoms. The lowest BCUT2D eigenvalue weighted by Gasteiger charge is -2.21. The number of benzene rings is 1. The van der Waals surface area contributed by atoms with Crippen LogP contribution >= 0.6 is 11.3 Å². The van der Waals surface area contributed by atoms with E-state index in [1.54, 1.807) is 12.3 Å². The zero-order valence-corrected chi connectivity index (χ0v) is 20.0. The van der Waals surface area contributed by atoms with E-state index >= 15 is 0 Å². The van der Waals surface area contributed by atoms with E-state index in [0.29, 0.717) is 29.7 Å². The number of imidazole rings is 1. The zero-order valence-electron chi connectivity index (χ0n) is 19.2. The summed E-state index contributed by atoms with van der Waals surface area (Å²) in [7, 11) is 0. The number of nitrogens with two attached hydrogens (primary N) is 1. The van der Waals surface area contributed by atoms with Gasteiger partial charge in [-0.05, 0) is 61.7 Å². The van der Waals surface area contributed by atoms with Gasteiger partial charge in [0.25, 0.3) is 5.91 Å². The van der Waals surface area contributed by atoms with Crippen LogP contribution in [0.4, 0.5) is 11.8 Å². The van der Waals surface area contributed by atoms with Crippen LogP contribution in [0.3, 0.4) is 0 Å².